The Hall–Kier alpha value is -1.91. The Morgan fingerprint density at radius 1 is 1.06 bits per heavy atom. The Labute approximate surface area is 193 Å². The second kappa shape index (κ2) is 11.8. The summed E-state index contributed by atoms with van der Waals surface area (Å²) in [6.45, 7) is 0. The van der Waals surface area contributed by atoms with Gasteiger partial charge in [-0.3, -0.25) is 4.79 Å². The molecule has 2 N–H and O–H groups in total. The Morgan fingerprint density at radius 2 is 1.84 bits per heavy atom. The number of rotatable bonds is 10. The number of carbonyl (C=O) groups is 1. The minimum absolute atomic E-state index is 0.0767. The van der Waals surface area contributed by atoms with Gasteiger partial charge in [0.15, 0.2) is 0 Å². The normalized spacial score (nSPS) is 29.2. The summed E-state index contributed by atoms with van der Waals surface area (Å²) in [5, 5.41) is 13.6. The molecule has 1 aromatic rings. The molecule has 1 aromatic carbocycles. The number of aliphatic hydroxyl groups is 1. The number of hydrogen-bond donors (Lipinski definition) is 2. The van der Waals surface area contributed by atoms with Gasteiger partial charge in [0.05, 0.1) is 18.3 Å². The van der Waals surface area contributed by atoms with Crippen LogP contribution in [-0.4, -0.2) is 29.3 Å². The number of para-hydroxylation sites is 1. The van der Waals surface area contributed by atoms with E-state index in [1.165, 1.54) is 25.7 Å². The number of benzene rings is 1. The van der Waals surface area contributed by atoms with Crippen molar-refractivity contribution in [3.63, 3.8) is 0 Å². The standard InChI is InChI=1S/C28H39NO3/c30-25(21-11-5-3-6-12-21)18-17-24-23(26-19-20-27(24)32-26)15-9-1-2-10-16-28(31)29-22-13-7-4-8-14-22/h1,4,7-9,13-14,17-18,21,23-27,30H,2-3,5-6,10-12,15-16,19-20H2,(H,29,31)/b9-1-,18-17+/t23-,24-,25?,26+,27-/m0/s1. The zero-order valence-corrected chi connectivity index (χ0v) is 19.2. The summed E-state index contributed by atoms with van der Waals surface area (Å²) in [6.07, 6.45) is 21.1. The molecule has 0 spiro atoms. The largest absolute Gasteiger partial charge is 0.389 e. The van der Waals surface area contributed by atoms with E-state index >= 15 is 0 Å². The molecule has 5 atom stereocenters. The van der Waals surface area contributed by atoms with E-state index in [0.29, 0.717) is 36.4 Å². The summed E-state index contributed by atoms with van der Waals surface area (Å²) in [7, 11) is 0. The summed E-state index contributed by atoms with van der Waals surface area (Å²) >= 11 is 0. The van der Waals surface area contributed by atoms with E-state index in [9.17, 15) is 9.90 Å². The molecular formula is C28H39NO3. The number of aliphatic hydroxyl groups excluding tert-OH is 1. The van der Waals surface area contributed by atoms with Crippen LogP contribution < -0.4 is 5.32 Å². The van der Waals surface area contributed by atoms with Gasteiger partial charge < -0.3 is 15.2 Å². The van der Waals surface area contributed by atoms with Crippen LogP contribution in [0.3, 0.4) is 0 Å². The minimum Gasteiger partial charge on any atom is -0.389 e. The van der Waals surface area contributed by atoms with E-state index in [4.69, 9.17) is 4.74 Å². The van der Waals surface area contributed by atoms with Crippen LogP contribution in [0, 0.1) is 17.8 Å². The molecule has 0 radical (unpaired) electrons. The van der Waals surface area contributed by atoms with Crippen molar-refractivity contribution < 1.29 is 14.6 Å². The summed E-state index contributed by atoms with van der Waals surface area (Å²) in [4.78, 5) is 12.0. The highest BCUT2D eigenvalue weighted by atomic mass is 16.5. The summed E-state index contributed by atoms with van der Waals surface area (Å²) in [5.41, 5.74) is 0.858. The summed E-state index contributed by atoms with van der Waals surface area (Å²) in [6, 6.07) is 9.62. The van der Waals surface area contributed by atoms with Gasteiger partial charge in [-0.05, 0) is 68.9 Å². The molecule has 1 unspecified atom stereocenters. The molecule has 3 aliphatic rings. The van der Waals surface area contributed by atoms with E-state index in [0.717, 1.165) is 44.2 Å². The van der Waals surface area contributed by atoms with Crippen molar-refractivity contribution in [1.82, 2.24) is 0 Å². The molecule has 4 heteroatoms. The lowest BCUT2D eigenvalue weighted by atomic mass is 9.76. The topological polar surface area (TPSA) is 58.6 Å². The second-order valence-corrected chi connectivity index (χ2v) is 9.82. The van der Waals surface area contributed by atoms with Crippen LogP contribution >= 0.6 is 0 Å². The van der Waals surface area contributed by atoms with Crippen LogP contribution in [0.5, 0.6) is 0 Å². The van der Waals surface area contributed by atoms with Crippen LogP contribution in [-0.2, 0) is 9.53 Å². The van der Waals surface area contributed by atoms with E-state index in [1.807, 2.05) is 30.3 Å². The van der Waals surface area contributed by atoms with Crippen LogP contribution in [0.2, 0.25) is 0 Å². The number of carbonyl (C=O) groups excluding carboxylic acids is 1. The molecular weight excluding hydrogens is 398 g/mol. The quantitative estimate of drug-likeness (QED) is 0.347. The molecule has 2 heterocycles. The Kier molecular flexibility index (Phi) is 8.58. The van der Waals surface area contributed by atoms with Crippen molar-refractivity contribution in [2.45, 2.75) is 88.9 Å². The zero-order valence-electron chi connectivity index (χ0n) is 19.2. The lowest BCUT2D eigenvalue weighted by Gasteiger charge is -2.27. The molecule has 2 saturated heterocycles. The van der Waals surface area contributed by atoms with Crippen molar-refractivity contribution in [2.24, 2.45) is 17.8 Å². The lowest BCUT2D eigenvalue weighted by Crippen LogP contribution is -2.26. The van der Waals surface area contributed by atoms with E-state index < -0.39 is 0 Å². The van der Waals surface area contributed by atoms with Crippen molar-refractivity contribution in [1.29, 1.82) is 0 Å². The predicted molar refractivity (Wildman–Crippen MR) is 129 cm³/mol. The number of allylic oxidation sites excluding steroid dienone is 2. The highest BCUT2D eigenvalue weighted by Gasteiger charge is 2.46. The second-order valence-electron chi connectivity index (χ2n) is 9.82. The van der Waals surface area contributed by atoms with Gasteiger partial charge in [-0.25, -0.2) is 0 Å². The Balaban J connectivity index is 1.19. The molecule has 174 valence electrons. The molecule has 1 amide bonds. The van der Waals surface area contributed by atoms with Gasteiger partial charge in [0.2, 0.25) is 5.91 Å². The third kappa shape index (κ3) is 6.32. The van der Waals surface area contributed by atoms with Gasteiger partial charge in [-0.15, -0.1) is 0 Å². The maximum Gasteiger partial charge on any atom is 0.224 e. The van der Waals surface area contributed by atoms with Gasteiger partial charge in [0, 0.05) is 18.0 Å². The molecule has 4 nitrogen and oxygen atoms in total. The Bertz CT molecular complexity index is 768. The molecule has 1 saturated carbocycles. The molecule has 2 aliphatic heterocycles. The van der Waals surface area contributed by atoms with Gasteiger partial charge in [-0.2, -0.15) is 0 Å². The number of hydrogen-bond acceptors (Lipinski definition) is 3. The third-order valence-electron chi connectivity index (χ3n) is 7.56. The van der Waals surface area contributed by atoms with Crippen molar-refractivity contribution >= 4 is 11.6 Å². The number of anilines is 1. The smallest absolute Gasteiger partial charge is 0.224 e. The monoisotopic (exact) mass is 437 g/mol. The zero-order chi connectivity index (χ0) is 22.2. The first-order valence-corrected chi connectivity index (χ1v) is 12.7. The van der Waals surface area contributed by atoms with Gasteiger partial charge in [0.25, 0.3) is 0 Å². The van der Waals surface area contributed by atoms with E-state index in [2.05, 4.69) is 29.6 Å². The number of ether oxygens (including phenoxy) is 1. The van der Waals surface area contributed by atoms with Crippen LogP contribution in [0.4, 0.5) is 5.69 Å². The molecule has 3 fully saturated rings. The van der Waals surface area contributed by atoms with Gasteiger partial charge in [0.1, 0.15) is 0 Å². The summed E-state index contributed by atoms with van der Waals surface area (Å²) < 4.78 is 6.22. The van der Waals surface area contributed by atoms with E-state index in [1.54, 1.807) is 0 Å². The first-order valence-electron chi connectivity index (χ1n) is 12.7. The highest BCUT2D eigenvalue weighted by molar-refractivity contribution is 5.90. The first kappa shape index (κ1) is 23.3. The van der Waals surface area contributed by atoms with Crippen LogP contribution in [0.15, 0.2) is 54.6 Å². The summed E-state index contributed by atoms with van der Waals surface area (Å²) in [5.74, 6) is 1.46. The van der Waals surface area contributed by atoms with Gasteiger partial charge >= 0.3 is 0 Å². The maximum absolute atomic E-state index is 12.0. The SMILES string of the molecule is O=C(CCC/C=C\C[C@H]1[C@H](/C=C/C(O)C2CCCCC2)[C@@H]2CC[C@H]1O2)Nc1ccccc1. The predicted octanol–water partition coefficient (Wildman–Crippen LogP) is 6.03. The molecule has 32 heavy (non-hydrogen) atoms. The molecule has 1 aliphatic carbocycles. The van der Waals surface area contributed by atoms with Gasteiger partial charge in [-0.1, -0.05) is 61.8 Å². The third-order valence-corrected chi connectivity index (χ3v) is 7.56. The molecule has 0 aromatic heterocycles. The fraction of sp³-hybridized carbons (Fsp3) is 0.607. The molecule has 4 rings (SSSR count). The fourth-order valence-electron chi connectivity index (χ4n) is 5.76. The van der Waals surface area contributed by atoms with Crippen molar-refractivity contribution in [3.05, 3.63) is 54.6 Å². The Morgan fingerprint density at radius 3 is 2.66 bits per heavy atom. The van der Waals surface area contributed by atoms with Crippen LogP contribution in [0.25, 0.3) is 0 Å². The average Bonchev–Trinajstić information content (AvgIpc) is 3.43. The van der Waals surface area contributed by atoms with Crippen molar-refractivity contribution in [3.8, 4) is 0 Å². The highest BCUT2D eigenvalue weighted by Crippen LogP contribution is 2.46. The molecule has 2 bridgehead atoms. The fourth-order valence-corrected chi connectivity index (χ4v) is 5.76. The van der Waals surface area contributed by atoms with Crippen molar-refractivity contribution in [2.75, 3.05) is 5.32 Å². The lowest BCUT2D eigenvalue weighted by molar-refractivity contribution is -0.116. The van der Waals surface area contributed by atoms with Crippen LogP contribution in [0.1, 0.15) is 70.6 Å². The number of unbranched alkanes of at least 4 members (excludes halogenated alkanes) is 1. The van der Waals surface area contributed by atoms with E-state index in [-0.39, 0.29) is 12.0 Å². The maximum atomic E-state index is 12.0. The number of amides is 1. The minimum atomic E-state index is -0.298. The average molecular weight is 438 g/mol. The number of nitrogens with one attached hydrogen (secondary N) is 1. The number of fused-ring (bicyclic) bond motifs is 2. The first-order chi connectivity index (χ1) is 15.7.